The molecule has 1 fully saturated rings. The highest BCUT2D eigenvalue weighted by atomic mass is 16.3. The first-order valence-electron chi connectivity index (χ1n) is 10.6. The summed E-state index contributed by atoms with van der Waals surface area (Å²) in [5.41, 5.74) is 7.17. The number of nitrogens with two attached hydrogens (primary N) is 1. The highest BCUT2D eigenvalue weighted by Crippen LogP contribution is 2.35. The van der Waals surface area contributed by atoms with Gasteiger partial charge < -0.3 is 25.3 Å². The number of hydrogen-bond donors (Lipinski definition) is 2. The maximum absolute atomic E-state index is 13.6. The Morgan fingerprint density at radius 2 is 2.22 bits per heavy atom. The van der Waals surface area contributed by atoms with Crippen molar-refractivity contribution in [3.63, 3.8) is 0 Å². The molecular weight excluding hydrogens is 410 g/mol. The van der Waals surface area contributed by atoms with Crippen LogP contribution in [0.3, 0.4) is 0 Å². The molecule has 1 atom stereocenters. The molecule has 10 heteroatoms. The molecule has 0 spiro atoms. The van der Waals surface area contributed by atoms with Gasteiger partial charge >= 0.3 is 0 Å². The number of benzene rings is 1. The number of amides is 2. The van der Waals surface area contributed by atoms with Crippen molar-refractivity contribution in [3.8, 4) is 11.5 Å². The zero-order chi connectivity index (χ0) is 22.2. The molecule has 2 aliphatic heterocycles. The Morgan fingerprint density at radius 1 is 1.34 bits per heavy atom. The van der Waals surface area contributed by atoms with Gasteiger partial charge in [-0.05, 0) is 38.0 Å². The van der Waals surface area contributed by atoms with Gasteiger partial charge in [0, 0.05) is 43.1 Å². The van der Waals surface area contributed by atoms with Crippen molar-refractivity contribution >= 4 is 29.3 Å². The zero-order valence-electron chi connectivity index (χ0n) is 17.6. The first-order chi connectivity index (χ1) is 15.5. The van der Waals surface area contributed by atoms with Crippen molar-refractivity contribution in [2.24, 2.45) is 5.73 Å². The number of oxazole rings is 1. The van der Waals surface area contributed by atoms with Crippen molar-refractivity contribution in [1.29, 1.82) is 0 Å². The molecule has 1 saturated heterocycles. The molecule has 3 aromatic rings. The molecular formula is C22H23N7O3. The lowest BCUT2D eigenvalue weighted by Gasteiger charge is -2.27. The van der Waals surface area contributed by atoms with Crippen LogP contribution in [0.25, 0.3) is 11.5 Å². The van der Waals surface area contributed by atoms with E-state index in [1.54, 1.807) is 11.1 Å². The van der Waals surface area contributed by atoms with Crippen molar-refractivity contribution in [2.75, 3.05) is 34.8 Å². The van der Waals surface area contributed by atoms with Gasteiger partial charge in [-0.1, -0.05) is 6.07 Å². The van der Waals surface area contributed by atoms with Gasteiger partial charge in [0.2, 0.25) is 11.8 Å². The second-order valence-electron chi connectivity index (χ2n) is 7.82. The van der Waals surface area contributed by atoms with Gasteiger partial charge in [0.15, 0.2) is 5.69 Å². The van der Waals surface area contributed by atoms with Gasteiger partial charge in [-0.25, -0.2) is 9.97 Å². The summed E-state index contributed by atoms with van der Waals surface area (Å²) in [7, 11) is 0. The molecule has 4 heterocycles. The first-order valence-corrected chi connectivity index (χ1v) is 10.6. The highest BCUT2D eigenvalue weighted by molar-refractivity contribution is 6.10. The van der Waals surface area contributed by atoms with Gasteiger partial charge in [-0.15, -0.1) is 0 Å². The van der Waals surface area contributed by atoms with Gasteiger partial charge in [0.25, 0.3) is 11.8 Å². The van der Waals surface area contributed by atoms with Crippen LogP contribution in [0.5, 0.6) is 0 Å². The van der Waals surface area contributed by atoms with Crippen LogP contribution in [-0.2, 0) is 0 Å². The number of aromatic nitrogens is 3. The summed E-state index contributed by atoms with van der Waals surface area (Å²) < 4.78 is 5.42. The fraction of sp³-hybridized carbons (Fsp3) is 0.318. The van der Waals surface area contributed by atoms with Crippen molar-refractivity contribution < 1.29 is 14.0 Å². The van der Waals surface area contributed by atoms with E-state index in [4.69, 9.17) is 10.2 Å². The molecule has 32 heavy (non-hydrogen) atoms. The highest BCUT2D eigenvalue weighted by Gasteiger charge is 2.37. The molecule has 1 aromatic carbocycles. The normalized spacial score (nSPS) is 17.7. The van der Waals surface area contributed by atoms with E-state index < -0.39 is 5.91 Å². The summed E-state index contributed by atoms with van der Waals surface area (Å²) in [5.74, 6) is 0.660. The van der Waals surface area contributed by atoms with Crippen LogP contribution in [0.1, 0.15) is 40.6 Å². The zero-order valence-corrected chi connectivity index (χ0v) is 17.6. The smallest absolute Gasteiger partial charge is 0.270 e. The summed E-state index contributed by atoms with van der Waals surface area (Å²) in [4.78, 5) is 42.0. The molecule has 0 bridgehead atoms. The summed E-state index contributed by atoms with van der Waals surface area (Å²) >= 11 is 0. The summed E-state index contributed by atoms with van der Waals surface area (Å²) in [5, 5.41) is 3.13. The molecule has 2 amide bonds. The first kappa shape index (κ1) is 20.0. The molecule has 2 aromatic heterocycles. The number of primary amides is 1. The van der Waals surface area contributed by atoms with Crippen LogP contribution in [0, 0.1) is 0 Å². The molecule has 1 unspecified atom stereocenters. The maximum atomic E-state index is 13.6. The van der Waals surface area contributed by atoms with Crippen molar-refractivity contribution in [1.82, 2.24) is 15.0 Å². The minimum atomic E-state index is -0.659. The second-order valence-corrected chi connectivity index (χ2v) is 7.82. The quantitative estimate of drug-likeness (QED) is 0.627. The largest absolute Gasteiger partial charge is 0.444 e. The van der Waals surface area contributed by atoms with Crippen LogP contribution in [0.15, 0.2) is 41.1 Å². The third kappa shape index (κ3) is 3.43. The lowest BCUT2D eigenvalue weighted by molar-refractivity contribution is 0.0983. The fourth-order valence-corrected chi connectivity index (χ4v) is 4.28. The van der Waals surface area contributed by atoms with Crippen molar-refractivity contribution in [2.45, 2.75) is 25.8 Å². The molecule has 10 nitrogen and oxygen atoms in total. The average Bonchev–Trinajstić information content (AvgIpc) is 3.45. The van der Waals surface area contributed by atoms with Crippen LogP contribution >= 0.6 is 0 Å². The summed E-state index contributed by atoms with van der Waals surface area (Å²) in [6, 6.07) is 7.50. The van der Waals surface area contributed by atoms with Gasteiger partial charge in [-0.2, -0.15) is 4.98 Å². The molecule has 0 aliphatic carbocycles. The van der Waals surface area contributed by atoms with E-state index in [0.717, 1.165) is 19.4 Å². The number of hydrogen-bond acceptors (Lipinski definition) is 8. The van der Waals surface area contributed by atoms with Crippen LogP contribution in [0.2, 0.25) is 0 Å². The van der Waals surface area contributed by atoms with E-state index in [2.05, 4.69) is 25.2 Å². The molecule has 0 saturated carbocycles. The van der Waals surface area contributed by atoms with E-state index >= 15 is 0 Å². The van der Waals surface area contributed by atoms with Crippen LogP contribution in [-0.4, -0.2) is 52.4 Å². The minimum absolute atomic E-state index is 0.0559. The number of fused-ring (bicyclic) bond motifs is 3. The van der Waals surface area contributed by atoms with E-state index in [1.807, 2.05) is 31.2 Å². The molecule has 2 aliphatic rings. The Balaban J connectivity index is 1.54. The predicted molar refractivity (Wildman–Crippen MR) is 119 cm³/mol. The SMILES string of the molecule is CCNc1ncc2c(n1)N1CCCC1CN(c1cccc(-c3nc(C(N)=O)co3)c1)C2=O. The lowest BCUT2D eigenvalue weighted by atomic mass is 10.1. The van der Waals surface area contributed by atoms with E-state index in [1.165, 1.54) is 6.26 Å². The topological polar surface area (TPSA) is 130 Å². The molecule has 164 valence electrons. The standard InChI is InChI=1S/C22H23N7O3/c1-2-24-22-25-10-16-19(27-22)28-8-4-7-15(28)11-29(21(16)31)14-6-3-5-13(9-14)20-26-17(12-32-20)18(23)30/h3,5-6,9-10,12,15H,2,4,7-8,11H2,1H3,(H2,23,30)(H,24,25,27). The summed E-state index contributed by atoms with van der Waals surface area (Å²) in [6.07, 6.45) is 4.85. The van der Waals surface area contributed by atoms with E-state index in [0.29, 0.717) is 41.7 Å². The second kappa shape index (κ2) is 7.95. The van der Waals surface area contributed by atoms with E-state index in [-0.39, 0.29) is 23.5 Å². The number of anilines is 3. The number of nitrogens with one attached hydrogen (secondary N) is 1. The number of carbonyl (C=O) groups is 2. The molecule has 0 radical (unpaired) electrons. The molecule has 3 N–H and O–H groups in total. The Kier molecular flexibility index (Phi) is 4.96. The maximum Gasteiger partial charge on any atom is 0.270 e. The monoisotopic (exact) mass is 433 g/mol. The van der Waals surface area contributed by atoms with Gasteiger partial charge in [-0.3, -0.25) is 9.59 Å². The number of rotatable bonds is 5. The van der Waals surface area contributed by atoms with Crippen molar-refractivity contribution in [3.05, 3.63) is 48.0 Å². The fourth-order valence-electron chi connectivity index (χ4n) is 4.28. The Labute approximate surface area is 184 Å². The Bertz CT molecular complexity index is 1190. The Hall–Kier alpha value is -3.95. The average molecular weight is 433 g/mol. The van der Waals surface area contributed by atoms with Crippen LogP contribution < -0.4 is 20.9 Å². The predicted octanol–water partition coefficient (Wildman–Crippen LogP) is 2.29. The number of nitrogens with zero attached hydrogens (tertiary/aromatic N) is 5. The number of carbonyl (C=O) groups excluding carboxylic acids is 2. The summed E-state index contributed by atoms with van der Waals surface area (Å²) in [6.45, 7) is 4.07. The van der Waals surface area contributed by atoms with Gasteiger partial charge in [0.1, 0.15) is 17.6 Å². The van der Waals surface area contributed by atoms with Crippen LogP contribution in [0.4, 0.5) is 17.5 Å². The minimum Gasteiger partial charge on any atom is -0.444 e. The lowest BCUT2D eigenvalue weighted by Crippen LogP contribution is -2.39. The third-order valence-corrected chi connectivity index (χ3v) is 5.78. The molecule has 5 rings (SSSR count). The van der Waals surface area contributed by atoms with Gasteiger partial charge in [0.05, 0.1) is 0 Å². The van der Waals surface area contributed by atoms with E-state index in [9.17, 15) is 9.59 Å². The third-order valence-electron chi connectivity index (χ3n) is 5.78. The Morgan fingerprint density at radius 3 is 3.00 bits per heavy atom.